The predicted molar refractivity (Wildman–Crippen MR) is 77.9 cm³/mol. The molecule has 1 N–H and O–H groups in total. The van der Waals surface area contributed by atoms with Gasteiger partial charge < -0.3 is 4.74 Å². The fourth-order valence-electron chi connectivity index (χ4n) is 2.13. The van der Waals surface area contributed by atoms with E-state index >= 15 is 0 Å². The van der Waals surface area contributed by atoms with Crippen molar-refractivity contribution in [2.24, 2.45) is 0 Å². The van der Waals surface area contributed by atoms with E-state index in [4.69, 9.17) is 16.3 Å². The molecule has 0 fully saturated rings. The van der Waals surface area contributed by atoms with E-state index in [1.807, 2.05) is 12.1 Å². The van der Waals surface area contributed by atoms with Gasteiger partial charge >= 0.3 is 0 Å². The van der Waals surface area contributed by atoms with Gasteiger partial charge in [0, 0.05) is 11.4 Å². The molecule has 0 saturated carbocycles. The number of benzene rings is 2. The molecule has 3 rings (SSSR count). The molecule has 0 spiro atoms. The average molecular weight is 310 g/mol. The summed E-state index contributed by atoms with van der Waals surface area (Å²) in [6.45, 7) is 0.575. The number of para-hydroxylation sites is 1. The van der Waals surface area contributed by atoms with Crippen molar-refractivity contribution in [3.05, 3.63) is 53.1 Å². The Labute approximate surface area is 122 Å². The maximum Gasteiger partial charge on any atom is 0.262 e. The summed E-state index contributed by atoms with van der Waals surface area (Å²) in [7, 11) is -3.67. The Morgan fingerprint density at radius 2 is 1.95 bits per heavy atom. The molecule has 0 aliphatic carbocycles. The van der Waals surface area contributed by atoms with Crippen molar-refractivity contribution in [2.45, 2.75) is 11.3 Å². The fourth-order valence-corrected chi connectivity index (χ4v) is 3.50. The molecule has 1 aliphatic rings. The van der Waals surface area contributed by atoms with Crippen LogP contribution in [0.5, 0.6) is 5.75 Å². The Bertz CT molecular complexity index is 759. The average Bonchev–Trinajstić information content (AvgIpc) is 2.88. The molecular formula is C14H12ClNO3S. The molecular weight excluding hydrogens is 298 g/mol. The summed E-state index contributed by atoms with van der Waals surface area (Å²) in [4.78, 5) is 0.126. The van der Waals surface area contributed by atoms with Gasteiger partial charge in [-0.1, -0.05) is 29.8 Å². The Kier molecular flexibility index (Phi) is 3.31. The van der Waals surface area contributed by atoms with Crippen LogP contribution in [0.4, 0.5) is 5.69 Å². The molecule has 0 aromatic heterocycles. The van der Waals surface area contributed by atoms with E-state index in [1.165, 1.54) is 12.1 Å². The third kappa shape index (κ3) is 2.46. The van der Waals surface area contributed by atoms with Gasteiger partial charge in [-0.15, -0.1) is 0 Å². The van der Waals surface area contributed by atoms with Gasteiger partial charge in [0.15, 0.2) is 0 Å². The van der Waals surface area contributed by atoms with Crippen molar-refractivity contribution in [2.75, 3.05) is 11.3 Å². The first-order valence-corrected chi connectivity index (χ1v) is 7.95. The van der Waals surface area contributed by atoms with Crippen LogP contribution >= 0.6 is 11.6 Å². The first-order valence-electron chi connectivity index (χ1n) is 6.09. The SMILES string of the molecule is O=S(=O)(Nc1cccc2c1OCC2)c1cccc(Cl)c1. The topological polar surface area (TPSA) is 55.4 Å². The van der Waals surface area contributed by atoms with Gasteiger partial charge in [0.1, 0.15) is 5.75 Å². The van der Waals surface area contributed by atoms with E-state index in [9.17, 15) is 8.42 Å². The number of fused-ring (bicyclic) bond motifs is 1. The summed E-state index contributed by atoms with van der Waals surface area (Å²) in [5.41, 5.74) is 1.47. The van der Waals surface area contributed by atoms with Gasteiger partial charge in [-0.3, -0.25) is 4.72 Å². The van der Waals surface area contributed by atoms with Crippen LogP contribution in [-0.2, 0) is 16.4 Å². The molecule has 104 valence electrons. The molecule has 1 heterocycles. The predicted octanol–water partition coefficient (Wildman–Crippen LogP) is 3.08. The van der Waals surface area contributed by atoms with E-state index < -0.39 is 10.0 Å². The van der Waals surface area contributed by atoms with Gasteiger partial charge in [-0.05, 0) is 29.8 Å². The lowest BCUT2D eigenvalue weighted by molar-refractivity contribution is 0.358. The van der Waals surface area contributed by atoms with Crippen molar-refractivity contribution >= 4 is 27.3 Å². The summed E-state index contributed by atoms with van der Waals surface area (Å²) in [6.07, 6.45) is 0.794. The van der Waals surface area contributed by atoms with Crippen LogP contribution in [0.3, 0.4) is 0 Å². The van der Waals surface area contributed by atoms with E-state index in [0.29, 0.717) is 23.1 Å². The summed E-state index contributed by atoms with van der Waals surface area (Å²) in [5.74, 6) is 0.609. The van der Waals surface area contributed by atoms with Crippen molar-refractivity contribution < 1.29 is 13.2 Å². The molecule has 1 aliphatic heterocycles. The Hall–Kier alpha value is -1.72. The van der Waals surface area contributed by atoms with Gasteiger partial charge in [0.25, 0.3) is 10.0 Å². The van der Waals surface area contributed by atoms with E-state index in [0.717, 1.165) is 12.0 Å². The van der Waals surface area contributed by atoms with Crippen molar-refractivity contribution in [1.29, 1.82) is 0 Å². The van der Waals surface area contributed by atoms with Gasteiger partial charge in [0.05, 0.1) is 17.2 Å². The molecule has 0 bridgehead atoms. The minimum atomic E-state index is -3.67. The molecule has 2 aromatic rings. The number of anilines is 1. The van der Waals surface area contributed by atoms with Crippen LogP contribution < -0.4 is 9.46 Å². The quantitative estimate of drug-likeness (QED) is 0.948. The lowest BCUT2D eigenvalue weighted by atomic mass is 10.1. The standard InChI is InChI=1S/C14H12ClNO3S/c15-11-4-2-5-12(9-11)20(17,18)16-13-6-1-3-10-7-8-19-14(10)13/h1-6,9,16H,7-8H2. The molecule has 20 heavy (non-hydrogen) atoms. The van der Waals surface area contributed by atoms with Gasteiger partial charge in [0.2, 0.25) is 0 Å². The summed E-state index contributed by atoms with van der Waals surface area (Å²) in [5, 5.41) is 0.377. The second-order valence-corrected chi connectivity index (χ2v) is 6.57. The van der Waals surface area contributed by atoms with E-state index in [2.05, 4.69) is 4.72 Å². The summed E-state index contributed by atoms with van der Waals surface area (Å²) < 4.78 is 32.7. The highest BCUT2D eigenvalue weighted by Crippen LogP contribution is 2.34. The molecule has 4 nitrogen and oxygen atoms in total. The van der Waals surface area contributed by atoms with Crippen LogP contribution in [0, 0.1) is 0 Å². The first kappa shape index (κ1) is 13.3. The lowest BCUT2D eigenvalue weighted by Crippen LogP contribution is -2.13. The number of sulfonamides is 1. The second-order valence-electron chi connectivity index (χ2n) is 4.46. The largest absolute Gasteiger partial charge is 0.491 e. The maximum atomic E-state index is 12.3. The molecule has 2 aromatic carbocycles. The van der Waals surface area contributed by atoms with Crippen molar-refractivity contribution in [1.82, 2.24) is 0 Å². The van der Waals surface area contributed by atoms with Crippen LogP contribution in [-0.4, -0.2) is 15.0 Å². The minimum Gasteiger partial charge on any atom is -0.491 e. The van der Waals surface area contributed by atoms with Crippen molar-refractivity contribution in [3.8, 4) is 5.75 Å². The zero-order valence-corrected chi connectivity index (χ0v) is 12.0. The summed E-state index contributed by atoms with van der Waals surface area (Å²) in [6, 6.07) is 11.6. The molecule has 0 amide bonds. The number of rotatable bonds is 3. The number of nitrogens with one attached hydrogen (secondary N) is 1. The summed E-state index contributed by atoms with van der Waals surface area (Å²) >= 11 is 5.83. The second kappa shape index (κ2) is 5.00. The highest BCUT2D eigenvalue weighted by Gasteiger charge is 2.21. The highest BCUT2D eigenvalue weighted by atomic mass is 35.5. The molecule has 0 saturated heterocycles. The van der Waals surface area contributed by atoms with Crippen LogP contribution in [0.2, 0.25) is 5.02 Å². The fraction of sp³-hybridized carbons (Fsp3) is 0.143. The molecule has 0 unspecified atom stereocenters. The van der Waals surface area contributed by atoms with E-state index in [1.54, 1.807) is 18.2 Å². The van der Waals surface area contributed by atoms with E-state index in [-0.39, 0.29) is 4.90 Å². The zero-order chi connectivity index (χ0) is 14.2. The highest BCUT2D eigenvalue weighted by molar-refractivity contribution is 7.92. The number of hydrogen-bond acceptors (Lipinski definition) is 3. The smallest absolute Gasteiger partial charge is 0.262 e. The number of hydrogen-bond donors (Lipinski definition) is 1. The van der Waals surface area contributed by atoms with Crippen LogP contribution in [0.25, 0.3) is 0 Å². The molecule has 0 radical (unpaired) electrons. The van der Waals surface area contributed by atoms with Gasteiger partial charge in [-0.25, -0.2) is 8.42 Å². The Balaban J connectivity index is 1.97. The van der Waals surface area contributed by atoms with Gasteiger partial charge in [-0.2, -0.15) is 0 Å². The normalized spacial score (nSPS) is 13.7. The lowest BCUT2D eigenvalue weighted by Gasteiger charge is -2.11. The number of ether oxygens (including phenoxy) is 1. The first-order chi connectivity index (χ1) is 9.56. The Morgan fingerprint density at radius 3 is 2.75 bits per heavy atom. The molecule has 0 atom stereocenters. The Morgan fingerprint density at radius 1 is 1.15 bits per heavy atom. The van der Waals surface area contributed by atoms with Crippen LogP contribution in [0.15, 0.2) is 47.4 Å². The number of halogens is 1. The monoisotopic (exact) mass is 309 g/mol. The minimum absolute atomic E-state index is 0.126. The zero-order valence-electron chi connectivity index (χ0n) is 10.5. The van der Waals surface area contributed by atoms with Crippen molar-refractivity contribution in [3.63, 3.8) is 0 Å². The third-order valence-electron chi connectivity index (χ3n) is 3.07. The van der Waals surface area contributed by atoms with Crippen LogP contribution in [0.1, 0.15) is 5.56 Å². The molecule has 6 heteroatoms. The maximum absolute atomic E-state index is 12.3. The third-order valence-corrected chi connectivity index (χ3v) is 4.66.